The van der Waals surface area contributed by atoms with Crippen molar-refractivity contribution in [2.75, 3.05) is 19.4 Å². The summed E-state index contributed by atoms with van der Waals surface area (Å²) in [5, 5.41) is 5.84. The Morgan fingerprint density at radius 3 is 2.81 bits per heavy atom. The summed E-state index contributed by atoms with van der Waals surface area (Å²) in [7, 11) is 1.55. The fourth-order valence-electron chi connectivity index (χ4n) is 3.81. The Kier molecular flexibility index (Phi) is 6.80. The van der Waals surface area contributed by atoms with Crippen LogP contribution < -0.4 is 20.9 Å². The van der Waals surface area contributed by atoms with E-state index >= 15 is 0 Å². The molecule has 1 aromatic carbocycles. The fourth-order valence-corrected chi connectivity index (χ4v) is 5.92. The highest BCUT2D eigenvalue weighted by atomic mass is 32.2. The van der Waals surface area contributed by atoms with Crippen LogP contribution in [0.5, 0.6) is 5.75 Å². The van der Waals surface area contributed by atoms with Crippen LogP contribution in [0.25, 0.3) is 15.9 Å². The van der Waals surface area contributed by atoms with Crippen molar-refractivity contribution in [1.29, 1.82) is 0 Å². The zero-order valence-electron chi connectivity index (χ0n) is 17.9. The molecule has 3 aromatic rings. The zero-order valence-corrected chi connectivity index (χ0v) is 19.5. The Morgan fingerprint density at radius 1 is 1.25 bits per heavy atom. The molecule has 0 saturated heterocycles. The number of carbonyl (C=O) groups is 2. The molecule has 2 aromatic heterocycles. The molecule has 0 fully saturated rings. The van der Waals surface area contributed by atoms with Crippen molar-refractivity contribution in [1.82, 2.24) is 20.2 Å². The zero-order chi connectivity index (χ0) is 22.7. The lowest BCUT2D eigenvalue weighted by molar-refractivity contribution is -0.117. The molecule has 0 atom stereocenters. The maximum atomic E-state index is 13.8. The number of thiophene rings is 1. The first-order valence-electron chi connectivity index (χ1n) is 10.4. The minimum absolute atomic E-state index is 0.0602. The SMILES string of the molecule is CCNC(=O)NC(=O)CSc1nc2sc3c(c2c(=O)n1-c1ccccc1OC)CCCC3. The molecule has 0 radical (unpaired) electrons. The Labute approximate surface area is 193 Å². The molecule has 8 nitrogen and oxygen atoms in total. The monoisotopic (exact) mass is 472 g/mol. The molecular weight excluding hydrogens is 448 g/mol. The van der Waals surface area contributed by atoms with Crippen molar-refractivity contribution in [3.63, 3.8) is 0 Å². The predicted octanol–water partition coefficient (Wildman–Crippen LogP) is 3.27. The number of carbonyl (C=O) groups excluding carboxylic acids is 2. The number of urea groups is 1. The summed E-state index contributed by atoms with van der Waals surface area (Å²) < 4.78 is 7.02. The van der Waals surface area contributed by atoms with E-state index in [2.05, 4.69) is 10.6 Å². The van der Waals surface area contributed by atoms with Gasteiger partial charge in [0.25, 0.3) is 5.56 Å². The number of benzene rings is 1. The second-order valence-corrected chi connectivity index (χ2v) is 9.32. The minimum atomic E-state index is -0.547. The summed E-state index contributed by atoms with van der Waals surface area (Å²) in [6.07, 6.45) is 4.01. The molecule has 0 saturated carbocycles. The fraction of sp³-hybridized carbons (Fsp3) is 0.364. The van der Waals surface area contributed by atoms with Crippen molar-refractivity contribution >= 4 is 45.3 Å². The lowest BCUT2D eigenvalue weighted by atomic mass is 9.97. The molecule has 0 aliphatic heterocycles. The third-order valence-electron chi connectivity index (χ3n) is 5.21. The largest absolute Gasteiger partial charge is 0.495 e. The number of thioether (sulfide) groups is 1. The highest BCUT2D eigenvalue weighted by molar-refractivity contribution is 7.99. The van der Waals surface area contributed by atoms with Crippen molar-refractivity contribution in [2.45, 2.75) is 37.8 Å². The first-order chi connectivity index (χ1) is 15.5. The third-order valence-corrected chi connectivity index (χ3v) is 7.33. The highest BCUT2D eigenvalue weighted by Gasteiger charge is 2.24. The van der Waals surface area contributed by atoms with Gasteiger partial charge in [-0.15, -0.1) is 11.3 Å². The van der Waals surface area contributed by atoms with Crippen LogP contribution in [0.15, 0.2) is 34.2 Å². The van der Waals surface area contributed by atoms with Gasteiger partial charge in [-0.05, 0) is 50.3 Å². The summed E-state index contributed by atoms with van der Waals surface area (Å²) in [6.45, 7) is 2.19. The molecule has 10 heteroatoms. The average molecular weight is 473 g/mol. The molecule has 1 aliphatic rings. The molecule has 0 spiro atoms. The van der Waals surface area contributed by atoms with E-state index in [9.17, 15) is 14.4 Å². The van der Waals surface area contributed by atoms with Crippen LogP contribution in [-0.2, 0) is 17.6 Å². The number of imide groups is 1. The Bertz CT molecular complexity index is 1230. The van der Waals surface area contributed by atoms with Gasteiger partial charge in [-0.1, -0.05) is 23.9 Å². The molecule has 3 amide bonds. The van der Waals surface area contributed by atoms with E-state index in [1.165, 1.54) is 9.44 Å². The first kappa shape index (κ1) is 22.3. The van der Waals surface area contributed by atoms with Gasteiger partial charge in [0.1, 0.15) is 10.6 Å². The number of amides is 3. The summed E-state index contributed by atoms with van der Waals surface area (Å²) in [5.41, 5.74) is 1.50. The van der Waals surface area contributed by atoms with Crippen LogP contribution in [0, 0.1) is 0 Å². The lowest BCUT2D eigenvalue weighted by Gasteiger charge is -2.15. The van der Waals surface area contributed by atoms with E-state index in [1.807, 2.05) is 12.1 Å². The second kappa shape index (κ2) is 9.74. The van der Waals surface area contributed by atoms with E-state index in [4.69, 9.17) is 9.72 Å². The number of hydrogen-bond acceptors (Lipinski definition) is 7. The van der Waals surface area contributed by atoms with Gasteiger partial charge < -0.3 is 10.1 Å². The maximum Gasteiger partial charge on any atom is 0.321 e. The summed E-state index contributed by atoms with van der Waals surface area (Å²) in [5.74, 6) is 0.0100. The van der Waals surface area contributed by atoms with Crippen molar-refractivity contribution in [3.8, 4) is 11.4 Å². The van der Waals surface area contributed by atoms with Gasteiger partial charge >= 0.3 is 6.03 Å². The number of fused-ring (bicyclic) bond motifs is 3. The van der Waals surface area contributed by atoms with E-state index in [-0.39, 0.29) is 11.3 Å². The van der Waals surface area contributed by atoms with Crippen LogP contribution >= 0.6 is 23.1 Å². The van der Waals surface area contributed by atoms with Gasteiger partial charge in [-0.2, -0.15) is 0 Å². The Hall–Kier alpha value is -2.85. The summed E-state index contributed by atoms with van der Waals surface area (Å²) in [4.78, 5) is 44.3. The Morgan fingerprint density at radius 2 is 2.03 bits per heavy atom. The average Bonchev–Trinajstić information content (AvgIpc) is 3.16. The van der Waals surface area contributed by atoms with Crippen LogP contribution in [0.3, 0.4) is 0 Å². The molecule has 0 unspecified atom stereocenters. The molecular formula is C22H24N4O4S2. The number of hydrogen-bond donors (Lipinski definition) is 2. The summed E-state index contributed by atoms with van der Waals surface area (Å²) >= 11 is 2.67. The van der Waals surface area contributed by atoms with Gasteiger partial charge in [-0.25, -0.2) is 9.78 Å². The van der Waals surface area contributed by atoms with E-state index < -0.39 is 11.9 Å². The minimum Gasteiger partial charge on any atom is -0.495 e. The molecule has 1 aliphatic carbocycles. The number of ether oxygens (including phenoxy) is 1. The van der Waals surface area contributed by atoms with Gasteiger partial charge in [0.15, 0.2) is 5.16 Å². The lowest BCUT2D eigenvalue weighted by Crippen LogP contribution is -2.40. The Balaban J connectivity index is 1.79. The first-order valence-corrected chi connectivity index (χ1v) is 12.2. The van der Waals surface area contributed by atoms with Crippen molar-refractivity contribution in [2.24, 2.45) is 0 Å². The van der Waals surface area contributed by atoms with E-state index in [0.29, 0.717) is 33.4 Å². The number of para-hydroxylation sites is 2. The number of aromatic nitrogens is 2. The highest BCUT2D eigenvalue weighted by Crippen LogP contribution is 2.36. The predicted molar refractivity (Wildman–Crippen MR) is 126 cm³/mol. The molecule has 2 N–H and O–H groups in total. The molecule has 32 heavy (non-hydrogen) atoms. The van der Waals surface area contributed by atoms with E-state index in [0.717, 1.165) is 43.0 Å². The van der Waals surface area contributed by atoms with E-state index in [1.54, 1.807) is 37.5 Å². The number of aryl methyl sites for hydroxylation is 2. The topological polar surface area (TPSA) is 102 Å². The number of methoxy groups -OCH3 is 1. The van der Waals surface area contributed by atoms with Crippen molar-refractivity contribution in [3.05, 3.63) is 45.1 Å². The van der Waals surface area contributed by atoms with Crippen LogP contribution in [-0.4, -0.2) is 40.9 Å². The van der Waals surface area contributed by atoms with Crippen LogP contribution in [0.1, 0.15) is 30.2 Å². The number of nitrogens with zero attached hydrogens (tertiary/aromatic N) is 2. The number of nitrogens with one attached hydrogen (secondary N) is 2. The molecule has 0 bridgehead atoms. The van der Waals surface area contributed by atoms with Crippen molar-refractivity contribution < 1.29 is 14.3 Å². The van der Waals surface area contributed by atoms with Crippen LogP contribution in [0.2, 0.25) is 0 Å². The summed E-state index contributed by atoms with van der Waals surface area (Å²) in [6, 6.07) is 6.69. The third kappa shape index (κ3) is 4.37. The smallest absolute Gasteiger partial charge is 0.321 e. The van der Waals surface area contributed by atoms with Gasteiger partial charge in [0.05, 0.1) is 23.9 Å². The van der Waals surface area contributed by atoms with Gasteiger partial charge in [-0.3, -0.25) is 19.5 Å². The molecule has 2 heterocycles. The van der Waals surface area contributed by atoms with Crippen LogP contribution in [0.4, 0.5) is 4.79 Å². The quantitative estimate of drug-likeness (QED) is 0.422. The standard InChI is InChI=1S/C22H24N4O4S2/c1-3-23-21(29)24-17(27)12-31-22-25-19-18(13-8-4-7-11-16(13)32-19)20(28)26(22)14-9-5-6-10-15(14)30-2/h5-6,9-10H,3-4,7-8,11-12H2,1-2H3,(H2,23,24,27,29). The van der Waals surface area contributed by atoms with Gasteiger partial charge in [0, 0.05) is 11.4 Å². The molecule has 4 rings (SSSR count). The second-order valence-electron chi connectivity index (χ2n) is 7.29. The molecule has 168 valence electrons. The number of rotatable bonds is 6. The normalized spacial score (nSPS) is 12.9. The maximum absolute atomic E-state index is 13.8. The van der Waals surface area contributed by atoms with Gasteiger partial charge in [0.2, 0.25) is 5.91 Å².